The number of hydrogen-bond donors (Lipinski definition) is 0. The number of nitrogens with zero attached hydrogens (tertiary/aromatic N) is 1. The summed E-state index contributed by atoms with van der Waals surface area (Å²) in [6.07, 6.45) is -0.167. The summed E-state index contributed by atoms with van der Waals surface area (Å²) in [6, 6.07) is 28.4. The average Bonchev–Trinajstić information content (AvgIpc) is 3.18. The highest BCUT2D eigenvalue weighted by molar-refractivity contribution is 7.80. The zero-order valence-electron chi connectivity index (χ0n) is 18.1. The van der Waals surface area contributed by atoms with E-state index in [-0.39, 0.29) is 18.3 Å². The maximum Gasteiger partial charge on any atom is 0.306 e. The van der Waals surface area contributed by atoms with Gasteiger partial charge >= 0.3 is 5.97 Å². The summed E-state index contributed by atoms with van der Waals surface area (Å²) in [4.78, 5) is 15.3. The van der Waals surface area contributed by atoms with Gasteiger partial charge in [-0.3, -0.25) is 4.79 Å². The molecule has 2 atom stereocenters. The highest BCUT2D eigenvalue weighted by Gasteiger charge is 2.40. The van der Waals surface area contributed by atoms with Crippen molar-refractivity contribution in [2.45, 2.75) is 38.5 Å². The molecule has 0 fully saturated rings. The van der Waals surface area contributed by atoms with Crippen LogP contribution in [0.4, 0.5) is 0 Å². The van der Waals surface area contributed by atoms with E-state index in [1.165, 1.54) is 11.1 Å². The molecule has 1 heterocycles. The first-order chi connectivity index (χ1) is 15.7. The molecular formula is C27H27NO3S. The van der Waals surface area contributed by atoms with Crippen LogP contribution in [-0.2, 0) is 22.6 Å². The third kappa shape index (κ3) is 5.17. The molecule has 0 N–H and O–H groups in total. The quantitative estimate of drug-likeness (QED) is 0.337. The second kappa shape index (κ2) is 10.4. The summed E-state index contributed by atoms with van der Waals surface area (Å²) in [7, 11) is 0. The van der Waals surface area contributed by atoms with Gasteiger partial charge in [-0.05, 0) is 24.1 Å². The molecule has 0 aliphatic carbocycles. The minimum atomic E-state index is -0.403. The van der Waals surface area contributed by atoms with Crippen LogP contribution in [0.2, 0.25) is 0 Å². The van der Waals surface area contributed by atoms with E-state index in [2.05, 4.69) is 29.2 Å². The number of fused-ring (bicyclic) bond motifs is 1. The van der Waals surface area contributed by atoms with E-state index in [4.69, 9.17) is 21.7 Å². The van der Waals surface area contributed by atoms with Crippen molar-refractivity contribution in [3.8, 4) is 5.75 Å². The largest absolute Gasteiger partial charge is 0.482 e. The van der Waals surface area contributed by atoms with E-state index in [9.17, 15) is 4.79 Å². The lowest BCUT2D eigenvalue weighted by atomic mass is 9.91. The Labute approximate surface area is 194 Å². The van der Waals surface area contributed by atoms with Crippen LogP contribution in [-0.4, -0.2) is 28.6 Å². The first-order valence-electron chi connectivity index (χ1n) is 10.9. The van der Waals surface area contributed by atoms with E-state index in [1.807, 2.05) is 67.6 Å². The Hall–Kier alpha value is -3.18. The first kappa shape index (κ1) is 22.0. The molecule has 3 aromatic carbocycles. The van der Waals surface area contributed by atoms with Crippen molar-refractivity contribution in [3.63, 3.8) is 0 Å². The van der Waals surface area contributed by atoms with Crippen molar-refractivity contribution in [1.29, 1.82) is 0 Å². The third-order valence-corrected chi connectivity index (χ3v) is 6.11. The molecule has 1 aliphatic heterocycles. The summed E-state index contributed by atoms with van der Waals surface area (Å²) in [6.45, 7) is 3.51. The molecule has 0 saturated carbocycles. The minimum Gasteiger partial charge on any atom is -0.482 e. The molecule has 0 radical (unpaired) electrons. The summed E-state index contributed by atoms with van der Waals surface area (Å²) >= 11 is 6.02. The van der Waals surface area contributed by atoms with Crippen LogP contribution in [0.3, 0.4) is 0 Å². The van der Waals surface area contributed by atoms with Crippen molar-refractivity contribution in [1.82, 2.24) is 4.90 Å². The van der Waals surface area contributed by atoms with Gasteiger partial charge < -0.3 is 14.4 Å². The molecule has 5 heteroatoms. The van der Waals surface area contributed by atoms with Crippen molar-refractivity contribution < 1.29 is 14.3 Å². The fourth-order valence-corrected chi connectivity index (χ4v) is 4.46. The molecule has 0 saturated heterocycles. The van der Waals surface area contributed by atoms with E-state index in [0.717, 1.165) is 11.3 Å². The monoisotopic (exact) mass is 445 g/mol. The van der Waals surface area contributed by atoms with Gasteiger partial charge in [0.2, 0.25) is 0 Å². The number of esters is 1. The van der Waals surface area contributed by atoms with Gasteiger partial charge in [-0.1, -0.05) is 91.1 Å². The van der Waals surface area contributed by atoms with Crippen LogP contribution in [0.15, 0.2) is 84.9 Å². The Morgan fingerprint density at radius 2 is 1.47 bits per heavy atom. The van der Waals surface area contributed by atoms with Crippen molar-refractivity contribution in [2.24, 2.45) is 0 Å². The number of benzene rings is 3. The maximum absolute atomic E-state index is 12.4. The van der Waals surface area contributed by atoms with Crippen molar-refractivity contribution in [2.75, 3.05) is 6.61 Å². The van der Waals surface area contributed by atoms with Gasteiger partial charge in [0.15, 0.2) is 6.10 Å². The molecule has 0 unspecified atom stereocenters. The standard InChI is InChI=1S/C27H27NO3S/c1-2-30-25(29)17-23-22-15-9-10-16-24(22)31-26(23)27(32)28(18-20-11-5-3-6-12-20)19-21-13-7-4-8-14-21/h3-16,23,26H,2,17-19H2,1H3/t23-,26-/m1/s1. The highest BCUT2D eigenvalue weighted by Crippen LogP contribution is 2.41. The second-order valence-corrected chi connectivity index (χ2v) is 8.28. The van der Waals surface area contributed by atoms with E-state index in [1.54, 1.807) is 0 Å². The molecule has 0 spiro atoms. The number of ether oxygens (including phenoxy) is 2. The van der Waals surface area contributed by atoms with Crippen molar-refractivity contribution in [3.05, 3.63) is 102 Å². The number of carbonyl (C=O) groups is 1. The molecule has 0 bridgehead atoms. The number of thiocarbonyl (C=S) groups is 1. The number of rotatable bonds is 8. The number of carbonyl (C=O) groups excluding carboxylic acids is 1. The smallest absolute Gasteiger partial charge is 0.306 e. The highest BCUT2D eigenvalue weighted by atomic mass is 32.1. The Morgan fingerprint density at radius 3 is 2.06 bits per heavy atom. The van der Waals surface area contributed by atoms with Crippen LogP contribution in [0.25, 0.3) is 0 Å². The van der Waals surface area contributed by atoms with E-state index >= 15 is 0 Å². The fourth-order valence-electron chi connectivity index (χ4n) is 4.11. The Kier molecular flexibility index (Phi) is 7.17. The zero-order chi connectivity index (χ0) is 22.3. The zero-order valence-corrected chi connectivity index (χ0v) is 19.0. The van der Waals surface area contributed by atoms with Gasteiger partial charge in [0, 0.05) is 24.6 Å². The van der Waals surface area contributed by atoms with E-state index < -0.39 is 6.10 Å². The lowest BCUT2D eigenvalue weighted by Gasteiger charge is -2.31. The summed E-state index contributed by atoms with van der Waals surface area (Å²) < 4.78 is 11.6. The third-order valence-electron chi connectivity index (χ3n) is 5.62. The topological polar surface area (TPSA) is 38.8 Å². The number of hydrogen-bond acceptors (Lipinski definition) is 4. The van der Waals surface area contributed by atoms with Crippen LogP contribution in [0.1, 0.15) is 36.0 Å². The van der Waals surface area contributed by atoms with Crippen molar-refractivity contribution >= 4 is 23.2 Å². The number of para-hydroxylation sites is 1. The summed E-state index contributed by atoms with van der Waals surface area (Å²) in [5.41, 5.74) is 3.35. The molecule has 1 aliphatic rings. The molecule has 4 nitrogen and oxygen atoms in total. The minimum absolute atomic E-state index is 0.174. The normalized spacial score (nSPS) is 16.7. The van der Waals surface area contributed by atoms with E-state index in [0.29, 0.717) is 24.7 Å². The van der Waals surface area contributed by atoms with Gasteiger partial charge in [-0.25, -0.2) is 0 Å². The molecular weight excluding hydrogens is 418 g/mol. The lowest BCUT2D eigenvalue weighted by Crippen LogP contribution is -2.41. The molecule has 0 aromatic heterocycles. The second-order valence-electron chi connectivity index (χ2n) is 7.86. The van der Waals surface area contributed by atoms with Gasteiger partial charge in [0.05, 0.1) is 13.0 Å². The molecule has 164 valence electrons. The Balaban J connectivity index is 1.62. The molecule has 4 rings (SSSR count). The lowest BCUT2D eigenvalue weighted by molar-refractivity contribution is -0.143. The predicted octanol–water partition coefficient (Wildman–Crippen LogP) is 5.51. The maximum atomic E-state index is 12.4. The van der Waals surface area contributed by atoms with Gasteiger partial charge in [-0.15, -0.1) is 0 Å². The summed E-state index contributed by atoms with van der Waals surface area (Å²) in [5, 5.41) is 0. The van der Waals surface area contributed by atoms with Gasteiger partial charge in [0.1, 0.15) is 10.7 Å². The SMILES string of the molecule is CCOC(=O)C[C@@H]1c2ccccc2O[C@H]1C(=S)N(Cc1ccccc1)Cc1ccccc1. The molecule has 32 heavy (non-hydrogen) atoms. The van der Waals surface area contributed by atoms with Crippen LogP contribution < -0.4 is 4.74 Å². The average molecular weight is 446 g/mol. The van der Waals surface area contributed by atoms with Crippen LogP contribution in [0, 0.1) is 0 Å². The fraction of sp³-hybridized carbons (Fsp3) is 0.259. The van der Waals surface area contributed by atoms with Crippen LogP contribution in [0.5, 0.6) is 5.75 Å². The first-order valence-corrected chi connectivity index (χ1v) is 11.3. The predicted molar refractivity (Wildman–Crippen MR) is 130 cm³/mol. The van der Waals surface area contributed by atoms with Gasteiger partial charge in [-0.2, -0.15) is 0 Å². The van der Waals surface area contributed by atoms with Crippen LogP contribution >= 0.6 is 12.2 Å². The van der Waals surface area contributed by atoms with Gasteiger partial charge in [0.25, 0.3) is 0 Å². The summed E-state index contributed by atoms with van der Waals surface area (Å²) in [5.74, 6) is 0.378. The Bertz CT molecular complexity index is 1010. The Morgan fingerprint density at radius 1 is 0.906 bits per heavy atom. The molecule has 0 amide bonds. The molecule has 3 aromatic rings.